The summed E-state index contributed by atoms with van der Waals surface area (Å²) >= 11 is 0. The van der Waals surface area contributed by atoms with Gasteiger partial charge in [0.05, 0.1) is 19.1 Å². The fraction of sp³-hybridized carbons (Fsp3) is 0.111. The maximum atomic E-state index is 2.52. The molecule has 58 heavy (non-hydrogen) atoms. The van der Waals surface area contributed by atoms with Gasteiger partial charge in [0.1, 0.15) is 0 Å². The molecule has 0 saturated heterocycles. The molecule has 10 rings (SSSR count). The van der Waals surface area contributed by atoms with Crippen LogP contribution in [0.5, 0.6) is 0 Å². The van der Waals surface area contributed by atoms with Gasteiger partial charge in [-0.05, 0) is 119 Å². The molecule has 0 unspecified atom stereocenters. The Balaban J connectivity index is 1.22. The molecule has 0 aliphatic heterocycles. The van der Waals surface area contributed by atoms with E-state index in [1.807, 2.05) is 0 Å². The largest absolute Gasteiger partial charge is 0.311 e. The van der Waals surface area contributed by atoms with Crippen molar-refractivity contribution < 1.29 is 0 Å². The molecule has 0 bridgehead atoms. The van der Waals surface area contributed by atoms with E-state index in [0.717, 1.165) is 39.8 Å². The standard InChI is InChI=1S/C54H47N3Si/c1-54(2)49-33-31-45(58(3,4)5)37-47(49)46-32-35-51-52(53(46)54)48-36-44(56(40-22-14-8-15-23-40)41-24-16-9-17-25-41)30-34-50(48)57(51)43-28-26-42(27-29-43)55(38-18-10-6-11-19-38)39-20-12-7-13-21-39/h6-37H,1-5H3. The molecular weight excluding hydrogens is 719 g/mol. The van der Waals surface area contributed by atoms with E-state index in [9.17, 15) is 0 Å². The van der Waals surface area contributed by atoms with E-state index in [1.165, 1.54) is 49.2 Å². The molecule has 3 nitrogen and oxygen atoms in total. The molecule has 1 aliphatic carbocycles. The van der Waals surface area contributed by atoms with E-state index >= 15 is 0 Å². The van der Waals surface area contributed by atoms with Crippen molar-refractivity contribution in [3.8, 4) is 16.8 Å². The molecule has 0 atom stereocenters. The summed E-state index contributed by atoms with van der Waals surface area (Å²) in [6.07, 6.45) is 0. The number of rotatable bonds is 8. The van der Waals surface area contributed by atoms with Gasteiger partial charge in [0.2, 0.25) is 0 Å². The van der Waals surface area contributed by atoms with Crippen LogP contribution in [0.2, 0.25) is 19.6 Å². The van der Waals surface area contributed by atoms with Gasteiger partial charge >= 0.3 is 0 Å². The topological polar surface area (TPSA) is 11.4 Å². The molecule has 0 N–H and O–H groups in total. The van der Waals surface area contributed by atoms with Gasteiger partial charge < -0.3 is 14.4 Å². The maximum absolute atomic E-state index is 2.52. The molecule has 0 saturated carbocycles. The quantitative estimate of drug-likeness (QED) is 0.143. The number of hydrogen-bond donors (Lipinski definition) is 0. The second-order valence-electron chi connectivity index (χ2n) is 17.1. The number of aromatic nitrogens is 1. The number of benzene rings is 8. The molecule has 9 aromatic rings. The van der Waals surface area contributed by atoms with Crippen molar-refractivity contribution in [1.82, 2.24) is 4.57 Å². The smallest absolute Gasteiger partial charge is 0.0776 e. The monoisotopic (exact) mass is 765 g/mol. The fourth-order valence-electron chi connectivity index (χ4n) is 9.26. The summed E-state index contributed by atoms with van der Waals surface area (Å²) in [7, 11) is -1.54. The number of para-hydroxylation sites is 4. The van der Waals surface area contributed by atoms with Crippen LogP contribution in [0.25, 0.3) is 38.6 Å². The van der Waals surface area contributed by atoms with Gasteiger partial charge in [-0.25, -0.2) is 0 Å². The lowest BCUT2D eigenvalue weighted by Gasteiger charge is -2.26. The lowest BCUT2D eigenvalue weighted by atomic mass is 9.80. The minimum atomic E-state index is -1.54. The highest BCUT2D eigenvalue weighted by Crippen LogP contribution is 2.54. The SMILES string of the molecule is CC1(C)c2ccc([Si](C)(C)C)cc2-c2ccc3c(c21)c1cc(N(c2ccccc2)c2ccccc2)ccc1n3-c1ccc(N(c2ccccc2)c2ccccc2)cc1. The average molecular weight is 766 g/mol. The van der Waals surface area contributed by atoms with E-state index in [4.69, 9.17) is 0 Å². The predicted molar refractivity (Wildman–Crippen MR) is 251 cm³/mol. The molecule has 0 radical (unpaired) electrons. The average Bonchev–Trinajstić information content (AvgIpc) is 3.70. The summed E-state index contributed by atoms with van der Waals surface area (Å²) in [6, 6.07) is 71.0. The lowest BCUT2D eigenvalue weighted by molar-refractivity contribution is 0.666. The highest BCUT2D eigenvalue weighted by Gasteiger charge is 2.39. The minimum Gasteiger partial charge on any atom is -0.311 e. The maximum Gasteiger partial charge on any atom is 0.0776 e. The summed E-state index contributed by atoms with van der Waals surface area (Å²) in [5.74, 6) is 0. The van der Waals surface area contributed by atoms with Crippen LogP contribution in [-0.4, -0.2) is 12.6 Å². The normalized spacial score (nSPS) is 13.1. The molecule has 4 heteroatoms. The first-order chi connectivity index (χ1) is 28.2. The Labute approximate surface area is 343 Å². The van der Waals surface area contributed by atoms with Gasteiger partial charge in [0, 0.05) is 56.0 Å². The highest BCUT2D eigenvalue weighted by atomic mass is 28.3. The number of nitrogens with zero attached hydrogens (tertiary/aromatic N) is 3. The predicted octanol–water partition coefficient (Wildman–Crippen LogP) is 14.6. The molecule has 1 aliphatic rings. The first-order valence-electron chi connectivity index (χ1n) is 20.4. The van der Waals surface area contributed by atoms with Gasteiger partial charge in [-0.15, -0.1) is 0 Å². The number of hydrogen-bond acceptors (Lipinski definition) is 2. The first kappa shape index (κ1) is 35.8. The third-order valence-corrected chi connectivity index (χ3v) is 14.1. The van der Waals surface area contributed by atoms with Crippen LogP contribution in [0.1, 0.15) is 25.0 Å². The van der Waals surface area contributed by atoms with Crippen molar-refractivity contribution >= 4 is 69.2 Å². The van der Waals surface area contributed by atoms with E-state index in [0.29, 0.717) is 0 Å². The third kappa shape index (κ3) is 5.86. The van der Waals surface area contributed by atoms with Crippen LogP contribution in [0.3, 0.4) is 0 Å². The third-order valence-electron chi connectivity index (χ3n) is 12.1. The van der Waals surface area contributed by atoms with Crippen LogP contribution in [-0.2, 0) is 5.41 Å². The van der Waals surface area contributed by atoms with Crippen molar-refractivity contribution in [1.29, 1.82) is 0 Å². The Hall–Kier alpha value is -6.62. The zero-order valence-electron chi connectivity index (χ0n) is 33.8. The molecule has 1 aromatic heterocycles. The number of anilines is 6. The zero-order valence-corrected chi connectivity index (χ0v) is 34.8. The van der Waals surface area contributed by atoms with Crippen molar-refractivity contribution in [3.05, 3.63) is 205 Å². The molecule has 0 amide bonds. The molecule has 8 aromatic carbocycles. The summed E-state index contributed by atoms with van der Waals surface area (Å²) in [4.78, 5) is 4.70. The molecule has 0 spiro atoms. The summed E-state index contributed by atoms with van der Waals surface area (Å²) in [5, 5.41) is 4.08. The molecule has 1 heterocycles. The van der Waals surface area contributed by atoms with Gasteiger partial charge in [0.15, 0.2) is 0 Å². The Kier molecular flexibility index (Phi) is 8.50. The summed E-state index contributed by atoms with van der Waals surface area (Å²) in [5.41, 5.74) is 15.7. The molecule has 0 fully saturated rings. The Morgan fingerprint density at radius 3 is 1.41 bits per heavy atom. The Bertz CT molecular complexity index is 2850. The molecular formula is C54H47N3Si. The Morgan fingerprint density at radius 1 is 0.431 bits per heavy atom. The van der Waals surface area contributed by atoms with Crippen LogP contribution in [0.4, 0.5) is 34.1 Å². The van der Waals surface area contributed by atoms with E-state index in [2.05, 4.69) is 242 Å². The van der Waals surface area contributed by atoms with Gasteiger partial charge in [-0.2, -0.15) is 0 Å². The lowest BCUT2D eigenvalue weighted by Crippen LogP contribution is -2.37. The van der Waals surface area contributed by atoms with E-state index < -0.39 is 8.07 Å². The van der Waals surface area contributed by atoms with Crippen LogP contribution < -0.4 is 15.0 Å². The summed E-state index contributed by atoms with van der Waals surface area (Å²) < 4.78 is 2.48. The van der Waals surface area contributed by atoms with Crippen LogP contribution >= 0.6 is 0 Å². The zero-order chi connectivity index (χ0) is 39.6. The molecule has 282 valence electrons. The minimum absolute atomic E-state index is 0.189. The van der Waals surface area contributed by atoms with Crippen LogP contribution in [0, 0.1) is 0 Å². The first-order valence-corrected chi connectivity index (χ1v) is 23.9. The van der Waals surface area contributed by atoms with Gasteiger partial charge in [0.25, 0.3) is 0 Å². The van der Waals surface area contributed by atoms with Crippen LogP contribution in [0.15, 0.2) is 194 Å². The van der Waals surface area contributed by atoms with E-state index in [-0.39, 0.29) is 5.41 Å². The van der Waals surface area contributed by atoms with Crippen molar-refractivity contribution in [2.24, 2.45) is 0 Å². The Morgan fingerprint density at radius 2 is 0.897 bits per heavy atom. The van der Waals surface area contributed by atoms with Gasteiger partial charge in [-0.1, -0.05) is 136 Å². The van der Waals surface area contributed by atoms with Crippen molar-refractivity contribution in [2.75, 3.05) is 9.80 Å². The number of fused-ring (bicyclic) bond motifs is 7. The second kappa shape index (κ2) is 13.8. The van der Waals surface area contributed by atoms with Crippen molar-refractivity contribution in [2.45, 2.75) is 38.9 Å². The second-order valence-corrected chi connectivity index (χ2v) is 22.2. The van der Waals surface area contributed by atoms with Crippen molar-refractivity contribution in [3.63, 3.8) is 0 Å². The fourth-order valence-corrected chi connectivity index (χ4v) is 10.4. The van der Waals surface area contributed by atoms with Gasteiger partial charge in [-0.3, -0.25) is 0 Å². The summed E-state index contributed by atoms with van der Waals surface area (Å²) in [6.45, 7) is 12.2. The highest BCUT2D eigenvalue weighted by molar-refractivity contribution is 6.88. The van der Waals surface area contributed by atoms with E-state index in [1.54, 1.807) is 0 Å².